The second-order valence-electron chi connectivity index (χ2n) is 6.93. The quantitative estimate of drug-likeness (QED) is 0.334. The molecule has 1 aliphatic carbocycles. The van der Waals surface area contributed by atoms with E-state index < -0.39 is 0 Å². The molecule has 1 atom stereocenters. The van der Waals surface area contributed by atoms with Crippen LogP contribution in [-0.2, 0) is 9.53 Å². The normalized spacial score (nSPS) is 16.7. The molecule has 0 bridgehead atoms. The minimum Gasteiger partial charge on any atom is -0.497 e. The average Bonchev–Trinajstić information content (AvgIpc) is 2.68. The van der Waals surface area contributed by atoms with Crippen molar-refractivity contribution in [2.75, 3.05) is 6.61 Å². The van der Waals surface area contributed by atoms with Crippen LogP contribution in [0.2, 0.25) is 0 Å². The van der Waals surface area contributed by atoms with E-state index in [0.29, 0.717) is 12.2 Å². The van der Waals surface area contributed by atoms with Crippen molar-refractivity contribution in [3.8, 4) is 0 Å². The van der Waals surface area contributed by atoms with E-state index >= 15 is 0 Å². The third-order valence-corrected chi connectivity index (χ3v) is 4.95. The third-order valence-electron chi connectivity index (χ3n) is 4.95. The Morgan fingerprint density at radius 2 is 1.62 bits per heavy atom. The molecule has 140 valence electrons. The Balaban J connectivity index is 2.08. The van der Waals surface area contributed by atoms with Crippen molar-refractivity contribution in [1.82, 2.24) is 0 Å². The van der Waals surface area contributed by atoms with Crippen LogP contribution in [0.5, 0.6) is 0 Å². The molecule has 0 radical (unpaired) electrons. The van der Waals surface area contributed by atoms with Gasteiger partial charge in [-0.2, -0.15) is 0 Å². The number of ether oxygens (including phenoxy) is 1. The molecule has 0 saturated carbocycles. The Hall–Kier alpha value is -2.05. The number of benzene rings is 1. The number of carbonyl (C=O) groups excluding carboxylic acids is 1. The first-order valence-electron chi connectivity index (χ1n) is 10.2. The molecular formula is C24H32O2. The van der Waals surface area contributed by atoms with Gasteiger partial charge < -0.3 is 4.74 Å². The van der Waals surface area contributed by atoms with Crippen molar-refractivity contribution >= 4 is 5.94 Å². The van der Waals surface area contributed by atoms with Crippen LogP contribution in [0.3, 0.4) is 0 Å². The summed E-state index contributed by atoms with van der Waals surface area (Å²) in [5, 5.41) is 0. The zero-order chi connectivity index (χ0) is 18.6. The average molecular weight is 353 g/mol. The highest BCUT2D eigenvalue weighted by atomic mass is 16.5. The van der Waals surface area contributed by atoms with Crippen LogP contribution in [0.25, 0.3) is 0 Å². The molecule has 0 spiro atoms. The second-order valence-corrected chi connectivity index (χ2v) is 6.93. The summed E-state index contributed by atoms with van der Waals surface area (Å²) < 4.78 is 6.03. The van der Waals surface area contributed by atoms with E-state index in [4.69, 9.17) is 4.74 Å². The fourth-order valence-corrected chi connectivity index (χ4v) is 3.58. The first-order valence-corrected chi connectivity index (χ1v) is 10.2. The van der Waals surface area contributed by atoms with Gasteiger partial charge in [0.15, 0.2) is 0 Å². The van der Waals surface area contributed by atoms with Crippen LogP contribution < -0.4 is 0 Å². The lowest BCUT2D eigenvalue weighted by Crippen LogP contribution is -2.14. The van der Waals surface area contributed by atoms with E-state index in [-0.39, 0.29) is 5.92 Å². The lowest BCUT2D eigenvalue weighted by Gasteiger charge is -2.26. The smallest absolute Gasteiger partial charge is 0.129 e. The Labute approximate surface area is 158 Å². The zero-order valence-corrected chi connectivity index (χ0v) is 16.3. The zero-order valence-electron chi connectivity index (χ0n) is 16.3. The first-order chi connectivity index (χ1) is 12.8. The molecule has 0 heterocycles. The van der Waals surface area contributed by atoms with Gasteiger partial charge in [-0.1, -0.05) is 81.9 Å². The molecule has 1 aliphatic rings. The van der Waals surface area contributed by atoms with E-state index in [9.17, 15) is 4.79 Å². The van der Waals surface area contributed by atoms with Gasteiger partial charge >= 0.3 is 0 Å². The lowest BCUT2D eigenvalue weighted by molar-refractivity contribution is 0.210. The first kappa shape index (κ1) is 20.3. The highest BCUT2D eigenvalue weighted by Gasteiger charge is 2.27. The van der Waals surface area contributed by atoms with Gasteiger partial charge in [-0.25, -0.2) is 4.79 Å². The van der Waals surface area contributed by atoms with Crippen molar-refractivity contribution < 1.29 is 9.53 Å². The molecule has 0 aliphatic heterocycles. The highest BCUT2D eigenvalue weighted by molar-refractivity contribution is 5.66. The largest absolute Gasteiger partial charge is 0.497 e. The summed E-state index contributed by atoms with van der Waals surface area (Å²) >= 11 is 0. The predicted molar refractivity (Wildman–Crippen MR) is 109 cm³/mol. The molecule has 0 fully saturated rings. The summed E-state index contributed by atoms with van der Waals surface area (Å²) in [4.78, 5) is 11.5. The Bertz CT molecular complexity index is 648. The Morgan fingerprint density at radius 1 is 0.923 bits per heavy atom. The van der Waals surface area contributed by atoms with E-state index in [1.165, 1.54) is 50.5 Å². The van der Waals surface area contributed by atoms with E-state index in [0.717, 1.165) is 17.7 Å². The number of hydrogen-bond acceptors (Lipinski definition) is 2. The summed E-state index contributed by atoms with van der Waals surface area (Å²) in [6.07, 6.45) is 14.1. The van der Waals surface area contributed by atoms with Gasteiger partial charge in [-0.3, -0.25) is 0 Å². The fourth-order valence-electron chi connectivity index (χ4n) is 3.58. The van der Waals surface area contributed by atoms with Gasteiger partial charge in [0, 0.05) is 0 Å². The Kier molecular flexibility index (Phi) is 9.00. The number of allylic oxidation sites excluding steroid dienone is 4. The van der Waals surface area contributed by atoms with Crippen LogP contribution in [0.4, 0.5) is 0 Å². The third kappa shape index (κ3) is 5.75. The number of unbranched alkanes of at least 4 members (excludes halogenated alkanes) is 6. The standard InChI is InChI=1S/C24H32O2/c1-3-5-6-7-8-9-11-16-21-17-18-22(19-25)23(24(21)26-4-2)20-14-12-10-13-15-20/h10,12-15,17-18,23H,3-9,11,16H2,1-2H3. The van der Waals surface area contributed by atoms with Gasteiger partial charge in [0.1, 0.15) is 11.7 Å². The van der Waals surface area contributed by atoms with E-state index in [2.05, 4.69) is 31.1 Å². The van der Waals surface area contributed by atoms with Crippen molar-refractivity contribution in [2.45, 2.75) is 71.1 Å². The summed E-state index contributed by atoms with van der Waals surface area (Å²) in [5.74, 6) is 2.93. The molecule has 1 unspecified atom stereocenters. The van der Waals surface area contributed by atoms with E-state index in [1.807, 2.05) is 31.2 Å². The Morgan fingerprint density at radius 3 is 2.27 bits per heavy atom. The molecule has 1 aromatic rings. The predicted octanol–water partition coefficient (Wildman–Crippen LogP) is 6.53. The topological polar surface area (TPSA) is 26.3 Å². The van der Waals surface area contributed by atoms with Crippen molar-refractivity contribution in [3.63, 3.8) is 0 Å². The molecule has 2 nitrogen and oxygen atoms in total. The van der Waals surface area contributed by atoms with Crippen LogP contribution >= 0.6 is 0 Å². The van der Waals surface area contributed by atoms with E-state index in [1.54, 1.807) is 0 Å². The van der Waals surface area contributed by atoms with Crippen molar-refractivity contribution in [2.24, 2.45) is 0 Å². The van der Waals surface area contributed by atoms with Crippen LogP contribution in [0.15, 0.2) is 59.4 Å². The SMILES string of the molecule is CCCCCCCCCC1=C(OCC)C(c2ccccc2)C(=C=O)C=C1. The number of rotatable bonds is 11. The van der Waals surface area contributed by atoms with Crippen LogP contribution in [-0.4, -0.2) is 12.5 Å². The second kappa shape index (κ2) is 11.5. The van der Waals surface area contributed by atoms with Crippen molar-refractivity contribution in [1.29, 1.82) is 0 Å². The summed E-state index contributed by atoms with van der Waals surface area (Å²) in [6, 6.07) is 10.1. The molecule has 0 saturated heterocycles. The van der Waals surface area contributed by atoms with Gasteiger partial charge in [-0.05, 0) is 37.0 Å². The van der Waals surface area contributed by atoms with Crippen LogP contribution in [0.1, 0.15) is 76.7 Å². The van der Waals surface area contributed by atoms with Gasteiger partial charge in [0.2, 0.25) is 0 Å². The maximum atomic E-state index is 11.5. The maximum Gasteiger partial charge on any atom is 0.129 e. The maximum absolute atomic E-state index is 11.5. The molecule has 2 heteroatoms. The summed E-state index contributed by atoms with van der Waals surface area (Å²) in [5.41, 5.74) is 2.98. The molecule has 26 heavy (non-hydrogen) atoms. The van der Waals surface area contributed by atoms with Crippen LogP contribution in [0, 0.1) is 0 Å². The minimum absolute atomic E-state index is 0.127. The molecular weight excluding hydrogens is 320 g/mol. The van der Waals surface area contributed by atoms with Crippen molar-refractivity contribution in [3.05, 3.63) is 65.0 Å². The molecule has 0 aromatic heterocycles. The number of hydrogen-bond donors (Lipinski definition) is 0. The minimum atomic E-state index is -0.127. The molecule has 2 rings (SSSR count). The lowest BCUT2D eigenvalue weighted by atomic mass is 9.83. The molecule has 1 aromatic carbocycles. The fraction of sp³-hybridized carbons (Fsp3) is 0.500. The molecule has 0 amide bonds. The van der Waals surface area contributed by atoms with Gasteiger partial charge in [0.25, 0.3) is 0 Å². The highest BCUT2D eigenvalue weighted by Crippen LogP contribution is 2.39. The van der Waals surface area contributed by atoms with Gasteiger partial charge in [-0.15, -0.1) is 0 Å². The van der Waals surface area contributed by atoms with Gasteiger partial charge in [0.05, 0.1) is 18.1 Å². The molecule has 0 N–H and O–H groups in total. The monoisotopic (exact) mass is 352 g/mol. The summed E-state index contributed by atoms with van der Waals surface area (Å²) in [6.45, 7) is 4.87. The summed E-state index contributed by atoms with van der Waals surface area (Å²) in [7, 11) is 0.